The molecule has 3 rings (SSSR count). The third-order valence-electron chi connectivity index (χ3n) is 4.47. The van der Waals surface area contributed by atoms with E-state index in [2.05, 4.69) is 4.74 Å². The van der Waals surface area contributed by atoms with Gasteiger partial charge in [0.15, 0.2) is 0 Å². The molecule has 2 heterocycles. The quantitative estimate of drug-likeness (QED) is 0.582. The van der Waals surface area contributed by atoms with E-state index in [0.29, 0.717) is 26.3 Å². The van der Waals surface area contributed by atoms with E-state index >= 15 is 0 Å². The van der Waals surface area contributed by atoms with E-state index in [1.165, 1.54) is 34.8 Å². The highest BCUT2D eigenvalue weighted by atomic mass is 19.4. The van der Waals surface area contributed by atoms with Gasteiger partial charge in [-0.3, -0.25) is 9.59 Å². The van der Waals surface area contributed by atoms with Crippen LogP contribution in [0.2, 0.25) is 0 Å². The standard InChI is InChI=1S/C18H17F3N2O5/c1-27-17(26)11-2-3-12-13(16(25)18(19,20)21)9-23(14(12)8-11)10-15(24)22-4-6-28-7-5-22/h2-3,8-9H,4-7,10H2,1H3. The minimum absolute atomic E-state index is 0.00440. The second kappa shape index (κ2) is 7.63. The Balaban J connectivity index is 2.04. The first-order chi connectivity index (χ1) is 13.2. The first kappa shape index (κ1) is 19.9. The molecule has 0 spiro atoms. The molecule has 7 nitrogen and oxygen atoms in total. The molecule has 0 N–H and O–H groups in total. The Labute approximate surface area is 157 Å². The number of alkyl halides is 3. The number of carbonyl (C=O) groups is 3. The number of fused-ring (bicyclic) bond motifs is 1. The molecule has 1 saturated heterocycles. The van der Waals surface area contributed by atoms with Crippen LogP contribution in [0.25, 0.3) is 10.9 Å². The molecule has 1 amide bonds. The zero-order valence-electron chi connectivity index (χ0n) is 14.9. The molecule has 28 heavy (non-hydrogen) atoms. The third-order valence-corrected chi connectivity index (χ3v) is 4.47. The fourth-order valence-electron chi connectivity index (χ4n) is 3.06. The average molecular weight is 398 g/mol. The Morgan fingerprint density at radius 3 is 2.46 bits per heavy atom. The zero-order valence-corrected chi connectivity index (χ0v) is 14.9. The summed E-state index contributed by atoms with van der Waals surface area (Å²) in [7, 11) is 1.17. The maximum Gasteiger partial charge on any atom is 0.454 e. The molecule has 1 fully saturated rings. The lowest BCUT2D eigenvalue weighted by Crippen LogP contribution is -2.42. The van der Waals surface area contributed by atoms with Gasteiger partial charge in [-0.15, -0.1) is 0 Å². The second-order valence-electron chi connectivity index (χ2n) is 6.21. The summed E-state index contributed by atoms with van der Waals surface area (Å²) in [6.45, 7) is 1.23. The van der Waals surface area contributed by atoms with Gasteiger partial charge >= 0.3 is 12.1 Å². The molecule has 10 heteroatoms. The van der Waals surface area contributed by atoms with E-state index < -0.39 is 23.5 Å². The molecule has 1 aromatic heterocycles. The van der Waals surface area contributed by atoms with Crippen LogP contribution in [0.3, 0.4) is 0 Å². The van der Waals surface area contributed by atoms with Gasteiger partial charge in [0.1, 0.15) is 6.54 Å². The highest BCUT2D eigenvalue weighted by Crippen LogP contribution is 2.29. The maximum absolute atomic E-state index is 13.0. The molecule has 0 radical (unpaired) electrons. The van der Waals surface area contributed by atoms with Crippen LogP contribution in [0.4, 0.5) is 13.2 Å². The lowest BCUT2D eigenvalue weighted by atomic mass is 10.1. The number of methoxy groups -OCH3 is 1. The van der Waals surface area contributed by atoms with Gasteiger partial charge < -0.3 is 18.9 Å². The number of nitrogens with zero attached hydrogens (tertiary/aromatic N) is 2. The number of hydrogen-bond acceptors (Lipinski definition) is 5. The predicted octanol–water partition coefficient (Wildman–Crippen LogP) is 2.03. The van der Waals surface area contributed by atoms with E-state index in [9.17, 15) is 27.6 Å². The van der Waals surface area contributed by atoms with Gasteiger partial charge in [0.05, 0.1) is 37.0 Å². The lowest BCUT2D eigenvalue weighted by molar-refractivity contribution is -0.135. The molecule has 0 aliphatic carbocycles. The number of ketones is 1. The average Bonchev–Trinajstić information content (AvgIpc) is 3.04. The van der Waals surface area contributed by atoms with Crippen molar-refractivity contribution in [1.82, 2.24) is 9.47 Å². The van der Waals surface area contributed by atoms with Crippen molar-refractivity contribution >= 4 is 28.6 Å². The van der Waals surface area contributed by atoms with Crippen molar-refractivity contribution in [3.05, 3.63) is 35.5 Å². The number of amides is 1. The number of ether oxygens (including phenoxy) is 2. The number of benzene rings is 1. The molecule has 0 atom stereocenters. The second-order valence-corrected chi connectivity index (χ2v) is 6.21. The third kappa shape index (κ3) is 3.86. The molecule has 2 aromatic rings. The van der Waals surface area contributed by atoms with E-state index in [0.717, 1.165) is 6.20 Å². The van der Waals surface area contributed by atoms with Gasteiger partial charge in [0.2, 0.25) is 5.91 Å². The lowest BCUT2D eigenvalue weighted by Gasteiger charge is -2.27. The molecule has 1 aromatic carbocycles. The molecule has 0 saturated carbocycles. The minimum Gasteiger partial charge on any atom is -0.465 e. The Morgan fingerprint density at radius 1 is 1.18 bits per heavy atom. The summed E-state index contributed by atoms with van der Waals surface area (Å²) in [6, 6.07) is 3.83. The predicted molar refractivity (Wildman–Crippen MR) is 91.1 cm³/mol. The maximum atomic E-state index is 13.0. The Morgan fingerprint density at radius 2 is 1.86 bits per heavy atom. The largest absolute Gasteiger partial charge is 0.465 e. The summed E-state index contributed by atoms with van der Waals surface area (Å²) in [6.07, 6.45) is -4.06. The number of Topliss-reactive ketones (excluding diaryl/α,β-unsaturated/α-hetero) is 1. The topological polar surface area (TPSA) is 77.8 Å². The Hall–Kier alpha value is -2.88. The van der Waals surface area contributed by atoms with Crippen molar-refractivity contribution in [3.63, 3.8) is 0 Å². The molecular weight excluding hydrogens is 381 g/mol. The van der Waals surface area contributed by atoms with Crippen LogP contribution in [0, 0.1) is 0 Å². The molecule has 0 unspecified atom stereocenters. The zero-order chi connectivity index (χ0) is 20.5. The van der Waals surface area contributed by atoms with Crippen LogP contribution in [0.1, 0.15) is 20.7 Å². The van der Waals surface area contributed by atoms with Crippen molar-refractivity contribution in [2.24, 2.45) is 0 Å². The Kier molecular flexibility index (Phi) is 5.41. The van der Waals surface area contributed by atoms with E-state index in [1.807, 2.05) is 0 Å². The monoisotopic (exact) mass is 398 g/mol. The molecule has 150 valence electrons. The van der Waals surface area contributed by atoms with Crippen LogP contribution in [0.5, 0.6) is 0 Å². The van der Waals surface area contributed by atoms with Crippen molar-refractivity contribution in [2.75, 3.05) is 33.4 Å². The fraction of sp³-hybridized carbons (Fsp3) is 0.389. The summed E-state index contributed by atoms with van der Waals surface area (Å²) < 4.78 is 49.9. The van der Waals surface area contributed by atoms with Crippen LogP contribution < -0.4 is 0 Å². The number of rotatable bonds is 4. The molecule has 0 bridgehead atoms. The number of morpholine rings is 1. The van der Waals surface area contributed by atoms with Gasteiger partial charge in [0, 0.05) is 24.7 Å². The smallest absolute Gasteiger partial charge is 0.454 e. The summed E-state index contributed by atoms with van der Waals surface area (Å²) >= 11 is 0. The van der Waals surface area contributed by atoms with Gasteiger partial charge in [-0.25, -0.2) is 4.79 Å². The molecule has 1 aliphatic rings. The van der Waals surface area contributed by atoms with Crippen molar-refractivity contribution in [2.45, 2.75) is 12.7 Å². The SMILES string of the molecule is COC(=O)c1ccc2c(C(=O)C(F)(F)F)cn(CC(=O)N3CCOCC3)c2c1. The number of aromatic nitrogens is 1. The van der Waals surface area contributed by atoms with Crippen LogP contribution in [-0.4, -0.2) is 66.7 Å². The number of esters is 1. The van der Waals surface area contributed by atoms with Crippen molar-refractivity contribution in [3.8, 4) is 0 Å². The van der Waals surface area contributed by atoms with Gasteiger partial charge in [0.25, 0.3) is 5.78 Å². The van der Waals surface area contributed by atoms with Crippen LogP contribution >= 0.6 is 0 Å². The normalized spacial score (nSPS) is 14.9. The number of hydrogen-bond donors (Lipinski definition) is 0. The van der Waals surface area contributed by atoms with Crippen molar-refractivity contribution in [1.29, 1.82) is 0 Å². The molecule has 1 aliphatic heterocycles. The van der Waals surface area contributed by atoms with E-state index in [1.54, 1.807) is 0 Å². The van der Waals surface area contributed by atoms with E-state index in [4.69, 9.17) is 4.74 Å². The summed E-state index contributed by atoms with van der Waals surface area (Å²) in [5.41, 5.74) is -0.315. The summed E-state index contributed by atoms with van der Waals surface area (Å²) in [5.74, 6) is -3.02. The van der Waals surface area contributed by atoms with Crippen molar-refractivity contribution < 1.29 is 37.0 Å². The highest BCUT2D eigenvalue weighted by molar-refractivity contribution is 6.11. The minimum atomic E-state index is -5.06. The highest BCUT2D eigenvalue weighted by Gasteiger charge is 2.41. The van der Waals surface area contributed by atoms with E-state index in [-0.39, 0.29) is 28.9 Å². The van der Waals surface area contributed by atoms with Crippen LogP contribution in [-0.2, 0) is 20.8 Å². The first-order valence-corrected chi connectivity index (χ1v) is 8.40. The Bertz CT molecular complexity index is 929. The fourth-order valence-corrected chi connectivity index (χ4v) is 3.06. The van der Waals surface area contributed by atoms with Gasteiger partial charge in [-0.2, -0.15) is 13.2 Å². The van der Waals surface area contributed by atoms with Gasteiger partial charge in [-0.1, -0.05) is 6.07 Å². The summed E-state index contributed by atoms with van der Waals surface area (Å²) in [5, 5.41) is 0.00440. The van der Waals surface area contributed by atoms with Crippen LogP contribution in [0.15, 0.2) is 24.4 Å². The first-order valence-electron chi connectivity index (χ1n) is 8.40. The summed E-state index contributed by atoms with van der Waals surface area (Å²) in [4.78, 5) is 37.6. The molecular formula is C18H17F3N2O5. The van der Waals surface area contributed by atoms with Gasteiger partial charge in [-0.05, 0) is 12.1 Å². The number of halogens is 3. The number of carbonyl (C=O) groups excluding carboxylic acids is 3.